The molecule has 0 atom stereocenters. The maximum atomic E-state index is 12.9. The van der Waals surface area contributed by atoms with Crippen LogP contribution in [0.4, 0.5) is 4.79 Å². The molecule has 0 aliphatic carbocycles. The molecule has 1 aliphatic heterocycles. The normalized spacial score (nSPS) is 14.7. The summed E-state index contributed by atoms with van der Waals surface area (Å²) in [5.41, 5.74) is 2.45. The quantitative estimate of drug-likeness (QED) is 0.274. The van der Waals surface area contributed by atoms with Crippen LogP contribution in [0.3, 0.4) is 0 Å². The van der Waals surface area contributed by atoms with Crippen LogP contribution in [0.15, 0.2) is 64.8 Å². The Morgan fingerprint density at radius 3 is 2.39 bits per heavy atom. The lowest BCUT2D eigenvalue weighted by Gasteiger charge is -2.25. The number of ether oxygens (including phenoxy) is 3. The molecule has 1 saturated heterocycles. The largest absolute Gasteiger partial charge is 0.493 e. The molecular formula is C27H26N2O7. The third-order valence-corrected chi connectivity index (χ3v) is 5.57. The number of rotatable bonds is 9. The molecule has 2 aromatic carbocycles. The Morgan fingerprint density at radius 2 is 1.69 bits per heavy atom. The van der Waals surface area contributed by atoms with Crippen LogP contribution in [0.25, 0.3) is 6.08 Å². The second kappa shape index (κ2) is 10.8. The molecule has 36 heavy (non-hydrogen) atoms. The minimum absolute atomic E-state index is 0.0948. The van der Waals surface area contributed by atoms with E-state index >= 15 is 0 Å². The Bertz CT molecular complexity index is 1290. The Kier molecular flexibility index (Phi) is 7.39. The molecule has 1 aliphatic rings. The third-order valence-electron chi connectivity index (χ3n) is 5.57. The highest BCUT2D eigenvalue weighted by atomic mass is 16.5. The van der Waals surface area contributed by atoms with Gasteiger partial charge in [-0.25, -0.2) is 4.79 Å². The molecule has 9 nitrogen and oxygen atoms in total. The van der Waals surface area contributed by atoms with Crippen LogP contribution in [0, 0.1) is 13.8 Å². The smallest absolute Gasteiger partial charge is 0.331 e. The number of urea groups is 1. The molecule has 2 heterocycles. The Labute approximate surface area is 208 Å². The van der Waals surface area contributed by atoms with Gasteiger partial charge in [-0.2, -0.15) is 0 Å². The van der Waals surface area contributed by atoms with Gasteiger partial charge in [-0.15, -0.1) is 0 Å². The van der Waals surface area contributed by atoms with Gasteiger partial charge in [-0.1, -0.05) is 24.3 Å². The van der Waals surface area contributed by atoms with E-state index < -0.39 is 17.8 Å². The highest BCUT2D eigenvalue weighted by molar-refractivity contribution is 6.30. The molecule has 0 bridgehead atoms. The number of aryl methyl sites for hydroxylation is 2. The van der Waals surface area contributed by atoms with Crippen molar-refractivity contribution in [2.45, 2.75) is 20.4 Å². The topological polar surface area (TPSA) is 107 Å². The summed E-state index contributed by atoms with van der Waals surface area (Å²) < 4.78 is 22.3. The van der Waals surface area contributed by atoms with E-state index in [1.807, 2.05) is 32.0 Å². The van der Waals surface area contributed by atoms with Gasteiger partial charge in [0.05, 0.1) is 19.9 Å². The van der Waals surface area contributed by atoms with Crippen molar-refractivity contribution in [2.24, 2.45) is 0 Å². The number of para-hydroxylation sites is 1. The molecule has 1 aromatic heterocycles. The van der Waals surface area contributed by atoms with E-state index in [0.29, 0.717) is 29.4 Å². The van der Waals surface area contributed by atoms with Gasteiger partial charge in [-0.3, -0.25) is 19.8 Å². The molecule has 186 valence electrons. The molecule has 0 spiro atoms. The first-order valence-corrected chi connectivity index (χ1v) is 11.3. The molecule has 0 unspecified atom stereocenters. The number of carbonyl (C=O) groups excluding carboxylic acids is 3. The zero-order chi connectivity index (χ0) is 25.7. The highest BCUT2D eigenvalue weighted by Gasteiger charge is 2.36. The van der Waals surface area contributed by atoms with E-state index in [0.717, 1.165) is 21.8 Å². The summed E-state index contributed by atoms with van der Waals surface area (Å²) in [5, 5.41) is 2.19. The number of nitrogens with zero attached hydrogens (tertiary/aromatic N) is 1. The average Bonchev–Trinajstić information content (AvgIpc) is 3.37. The number of furan rings is 1. The van der Waals surface area contributed by atoms with Gasteiger partial charge in [-0.05, 0) is 60.9 Å². The molecule has 0 radical (unpaired) electrons. The first-order valence-electron chi connectivity index (χ1n) is 11.3. The number of amides is 4. The van der Waals surface area contributed by atoms with Crippen LogP contribution in [0.2, 0.25) is 0 Å². The van der Waals surface area contributed by atoms with Crippen molar-refractivity contribution in [1.82, 2.24) is 10.2 Å². The maximum absolute atomic E-state index is 12.9. The number of carbonyl (C=O) groups is 3. The van der Waals surface area contributed by atoms with Gasteiger partial charge in [0.1, 0.15) is 30.3 Å². The number of hydrogen-bond acceptors (Lipinski definition) is 7. The van der Waals surface area contributed by atoms with Crippen LogP contribution in [-0.2, 0) is 16.1 Å². The SMILES string of the molecule is COc1cc(/C=C2\C(=O)NC(=O)N(Cc3ccco3)C2=O)ccc1OCCOc1c(C)cccc1C. The van der Waals surface area contributed by atoms with E-state index in [1.165, 1.54) is 19.4 Å². The number of barbiturate groups is 1. The predicted molar refractivity (Wildman–Crippen MR) is 131 cm³/mol. The van der Waals surface area contributed by atoms with Gasteiger partial charge in [0, 0.05) is 0 Å². The van der Waals surface area contributed by atoms with E-state index in [-0.39, 0.29) is 18.7 Å². The first kappa shape index (κ1) is 24.6. The molecule has 1 fully saturated rings. The Hall–Kier alpha value is -4.53. The van der Waals surface area contributed by atoms with Crippen molar-refractivity contribution in [2.75, 3.05) is 20.3 Å². The van der Waals surface area contributed by atoms with Gasteiger partial charge >= 0.3 is 6.03 Å². The molecule has 4 rings (SSSR count). The summed E-state index contributed by atoms with van der Waals surface area (Å²) in [5.74, 6) is 0.663. The summed E-state index contributed by atoms with van der Waals surface area (Å²) in [6.07, 6.45) is 2.84. The van der Waals surface area contributed by atoms with Crippen LogP contribution < -0.4 is 19.5 Å². The first-order chi connectivity index (χ1) is 17.4. The maximum Gasteiger partial charge on any atom is 0.331 e. The van der Waals surface area contributed by atoms with Crippen LogP contribution >= 0.6 is 0 Å². The molecule has 3 aromatic rings. The Balaban J connectivity index is 1.45. The van der Waals surface area contributed by atoms with Crippen molar-refractivity contribution < 1.29 is 33.0 Å². The number of imide groups is 2. The minimum Gasteiger partial charge on any atom is -0.493 e. The fourth-order valence-electron chi connectivity index (χ4n) is 3.78. The van der Waals surface area contributed by atoms with Crippen molar-refractivity contribution in [3.05, 3.63) is 82.8 Å². The number of hydrogen-bond donors (Lipinski definition) is 1. The molecule has 9 heteroatoms. The Morgan fingerprint density at radius 1 is 0.944 bits per heavy atom. The van der Waals surface area contributed by atoms with Gasteiger partial charge in [0.25, 0.3) is 11.8 Å². The fraction of sp³-hybridized carbons (Fsp3) is 0.222. The monoisotopic (exact) mass is 490 g/mol. The zero-order valence-corrected chi connectivity index (χ0v) is 20.2. The summed E-state index contributed by atoms with van der Waals surface area (Å²) in [6.45, 7) is 4.51. The number of benzene rings is 2. The lowest BCUT2D eigenvalue weighted by Crippen LogP contribution is -2.53. The van der Waals surface area contributed by atoms with Crippen molar-refractivity contribution in [3.8, 4) is 17.2 Å². The van der Waals surface area contributed by atoms with Crippen molar-refractivity contribution >= 4 is 23.9 Å². The number of methoxy groups -OCH3 is 1. The fourth-order valence-corrected chi connectivity index (χ4v) is 3.78. The van der Waals surface area contributed by atoms with Crippen LogP contribution in [0.5, 0.6) is 17.2 Å². The minimum atomic E-state index is -0.803. The molecular weight excluding hydrogens is 464 g/mol. The van der Waals surface area contributed by atoms with Crippen molar-refractivity contribution in [3.63, 3.8) is 0 Å². The number of nitrogens with one attached hydrogen (secondary N) is 1. The van der Waals surface area contributed by atoms with Crippen LogP contribution in [-0.4, -0.2) is 43.1 Å². The van der Waals surface area contributed by atoms with Gasteiger partial charge in [0.15, 0.2) is 11.5 Å². The second-order valence-corrected chi connectivity index (χ2v) is 8.12. The third kappa shape index (κ3) is 5.41. The standard InChI is InChI=1S/C27H26N2O7/c1-17-6-4-7-18(2)24(17)36-13-12-35-22-10-9-19(15-23(22)33-3)14-21-25(30)28-27(32)29(26(21)31)16-20-8-5-11-34-20/h4-11,14-15H,12-13,16H2,1-3H3,(H,28,30,32)/b21-14+. The van der Waals surface area contributed by atoms with Gasteiger partial charge in [0.2, 0.25) is 0 Å². The lowest BCUT2D eigenvalue weighted by atomic mass is 10.1. The van der Waals surface area contributed by atoms with Gasteiger partial charge < -0.3 is 18.6 Å². The van der Waals surface area contributed by atoms with Crippen molar-refractivity contribution in [1.29, 1.82) is 0 Å². The zero-order valence-electron chi connectivity index (χ0n) is 20.2. The lowest BCUT2D eigenvalue weighted by molar-refractivity contribution is -0.130. The summed E-state index contributed by atoms with van der Waals surface area (Å²) in [4.78, 5) is 38.4. The van der Waals surface area contributed by atoms with E-state index in [2.05, 4.69) is 5.32 Å². The summed E-state index contributed by atoms with van der Waals surface area (Å²) in [7, 11) is 1.49. The van der Waals surface area contributed by atoms with Crippen LogP contribution in [0.1, 0.15) is 22.5 Å². The predicted octanol–water partition coefficient (Wildman–Crippen LogP) is 4.02. The summed E-state index contributed by atoms with van der Waals surface area (Å²) >= 11 is 0. The molecule has 1 N–H and O–H groups in total. The molecule has 0 saturated carbocycles. The highest BCUT2D eigenvalue weighted by Crippen LogP contribution is 2.30. The van der Waals surface area contributed by atoms with E-state index in [1.54, 1.807) is 30.3 Å². The second-order valence-electron chi connectivity index (χ2n) is 8.12. The average molecular weight is 491 g/mol. The molecule has 4 amide bonds. The van der Waals surface area contributed by atoms with E-state index in [9.17, 15) is 14.4 Å². The van der Waals surface area contributed by atoms with E-state index in [4.69, 9.17) is 18.6 Å². The summed E-state index contributed by atoms with van der Waals surface area (Å²) in [6, 6.07) is 13.4.